The van der Waals surface area contributed by atoms with Crippen molar-refractivity contribution in [1.82, 2.24) is 15.1 Å². The van der Waals surface area contributed by atoms with Gasteiger partial charge < -0.3 is 10.2 Å². The summed E-state index contributed by atoms with van der Waals surface area (Å²) in [6, 6.07) is 4.25. The first kappa shape index (κ1) is 16.5. The maximum absolute atomic E-state index is 12.1. The quantitative estimate of drug-likeness (QED) is 0.874. The third-order valence-electron chi connectivity index (χ3n) is 4.04. The molecule has 0 radical (unpaired) electrons. The van der Waals surface area contributed by atoms with Crippen molar-refractivity contribution in [2.45, 2.75) is 26.3 Å². The molecule has 1 aliphatic heterocycles. The van der Waals surface area contributed by atoms with E-state index in [1.165, 1.54) is 11.3 Å². The van der Waals surface area contributed by atoms with Gasteiger partial charge in [-0.2, -0.15) is 0 Å². The van der Waals surface area contributed by atoms with Crippen molar-refractivity contribution in [2.75, 3.05) is 39.8 Å². The Hall–Kier alpha value is -0.910. The van der Waals surface area contributed by atoms with E-state index in [4.69, 9.17) is 0 Å². The van der Waals surface area contributed by atoms with Crippen molar-refractivity contribution in [3.63, 3.8) is 0 Å². The van der Waals surface area contributed by atoms with Gasteiger partial charge in [-0.15, -0.1) is 11.3 Å². The van der Waals surface area contributed by atoms with Crippen molar-refractivity contribution in [2.24, 2.45) is 5.92 Å². The first-order chi connectivity index (χ1) is 10.1. The number of piperazine rings is 1. The summed E-state index contributed by atoms with van der Waals surface area (Å²) in [6.45, 7) is 9.69. The van der Waals surface area contributed by atoms with E-state index in [9.17, 15) is 4.79 Å². The van der Waals surface area contributed by atoms with E-state index in [-0.39, 0.29) is 5.91 Å². The molecule has 0 aromatic carbocycles. The molecule has 1 atom stereocenters. The second kappa shape index (κ2) is 7.92. The number of rotatable bonds is 6. The SMILES string of the molecule is CC(C)CC(CNC(=O)c1cccs1)N1CCN(C)CC1. The highest BCUT2D eigenvalue weighted by molar-refractivity contribution is 7.12. The third-order valence-corrected chi connectivity index (χ3v) is 4.91. The minimum Gasteiger partial charge on any atom is -0.350 e. The van der Waals surface area contributed by atoms with Crippen molar-refractivity contribution < 1.29 is 4.79 Å². The van der Waals surface area contributed by atoms with E-state index in [0.29, 0.717) is 12.0 Å². The highest BCUT2D eigenvalue weighted by atomic mass is 32.1. The van der Waals surface area contributed by atoms with Crippen LogP contribution in [0.4, 0.5) is 0 Å². The molecule has 0 aliphatic carbocycles. The molecule has 4 nitrogen and oxygen atoms in total. The third kappa shape index (κ3) is 5.09. The van der Waals surface area contributed by atoms with Gasteiger partial charge in [0.2, 0.25) is 0 Å². The molecule has 5 heteroatoms. The summed E-state index contributed by atoms with van der Waals surface area (Å²) < 4.78 is 0. The van der Waals surface area contributed by atoms with Gasteiger partial charge in [0.1, 0.15) is 0 Å². The van der Waals surface area contributed by atoms with Crippen LogP contribution in [-0.2, 0) is 0 Å². The predicted molar refractivity (Wildman–Crippen MR) is 89.0 cm³/mol. The normalized spacial score (nSPS) is 18.9. The fourth-order valence-corrected chi connectivity index (χ4v) is 3.44. The van der Waals surface area contributed by atoms with Crippen molar-refractivity contribution in [3.05, 3.63) is 22.4 Å². The van der Waals surface area contributed by atoms with Crippen LogP contribution in [-0.4, -0.2) is 61.5 Å². The summed E-state index contributed by atoms with van der Waals surface area (Å²) in [5.74, 6) is 0.709. The predicted octanol–water partition coefficient (Wildman–Crippen LogP) is 2.14. The standard InChI is InChI=1S/C16H27N3OS/c1-13(2)11-14(19-8-6-18(3)7-9-19)12-17-16(20)15-5-4-10-21-15/h4-5,10,13-14H,6-9,11-12H2,1-3H3,(H,17,20). The maximum atomic E-state index is 12.1. The fourth-order valence-electron chi connectivity index (χ4n) is 2.80. The van der Waals surface area contributed by atoms with Crippen molar-refractivity contribution in [1.29, 1.82) is 0 Å². The number of carbonyl (C=O) groups excluding carboxylic acids is 1. The molecule has 1 amide bonds. The van der Waals surface area contributed by atoms with Crippen LogP contribution in [0.15, 0.2) is 17.5 Å². The second-order valence-corrected chi connectivity index (χ2v) is 7.26. The summed E-state index contributed by atoms with van der Waals surface area (Å²) in [6.07, 6.45) is 1.13. The fraction of sp³-hybridized carbons (Fsp3) is 0.688. The number of hydrogen-bond acceptors (Lipinski definition) is 4. The van der Waals surface area contributed by atoms with E-state index in [1.54, 1.807) is 0 Å². The number of nitrogens with zero attached hydrogens (tertiary/aromatic N) is 2. The highest BCUT2D eigenvalue weighted by Crippen LogP contribution is 2.14. The minimum atomic E-state index is 0.0629. The Morgan fingerprint density at radius 2 is 2.05 bits per heavy atom. The molecular formula is C16H27N3OS. The first-order valence-corrected chi connectivity index (χ1v) is 8.68. The van der Waals surface area contributed by atoms with E-state index in [1.807, 2.05) is 17.5 Å². The van der Waals surface area contributed by atoms with Crippen LogP contribution in [0, 0.1) is 5.92 Å². The average Bonchev–Trinajstić information content (AvgIpc) is 2.98. The van der Waals surface area contributed by atoms with Crippen LogP contribution in [0.3, 0.4) is 0 Å². The van der Waals surface area contributed by atoms with Gasteiger partial charge in [0, 0.05) is 38.8 Å². The topological polar surface area (TPSA) is 35.6 Å². The van der Waals surface area contributed by atoms with Gasteiger partial charge >= 0.3 is 0 Å². The van der Waals surface area contributed by atoms with Gasteiger partial charge in [0.15, 0.2) is 0 Å². The first-order valence-electron chi connectivity index (χ1n) is 7.80. The molecule has 0 bridgehead atoms. The molecule has 1 fully saturated rings. The Balaban J connectivity index is 1.88. The average molecular weight is 309 g/mol. The van der Waals surface area contributed by atoms with Gasteiger partial charge in [-0.05, 0) is 30.8 Å². The molecule has 2 rings (SSSR count). The molecule has 21 heavy (non-hydrogen) atoms. The lowest BCUT2D eigenvalue weighted by Gasteiger charge is -2.38. The van der Waals surface area contributed by atoms with Gasteiger partial charge in [-0.1, -0.05) is 19.9 Å². The highest BCUT2D eigenvalue weighted by Gasteiger charge is 2.23. The lowest BCUT2D eigenvalue weighted by molar-refractivity contribution is 0.0853. The molecule has 1 unspecified atom stereocenters. The molecule has 1 saturated heterocycles. The summed E-state index contributed by atoms with van der Waals surface area (Å²) in [7, 11) is 2.17. The van der Waals surface area contributed by atoms with Crippen LogP contribution in [0.2, 0.25) is 0 Å². The number of carbonyl (C=O) groups is 1. The molecule has 0 saturated carbocycles. The number of likely N-dealkylation sites (N-methyl/N-ethyl adjacent to an activating group) is 1. The van der Waals surface area contributed by atoms with Gasteiger partial charge in [-0.3, -0.25) is 9.69 Å². The lowest BCUT2D eigenvalue weighted by Crippen LogP contribution is -2.52. The van der Waals surface area contributed by atoms with E-state index >= 15 is 0 Å². The zero-order chi connectivity index (χ0) is 15.2. The summed E-state index contributed by atoms with van der Waals surface area (Å²) in [5.41, 5.74) is 0. The number of nitrogens with one attached hydrogen (secondary N) is 1. The summed E-state index contributed by atoms with van der Waals surface area (Å²) in [5, 5.41) is 5.06. The number of amides is 1. The van der Waals surface area contributed by atoms with Crippen LogP contribution < -0.4 is 5.32 Å². The number of thiophene rings is 1. The molecular weight excluding hydrogens is 282 g/mol. The monoisotopic (exact) mass is 309 g/mol. The second-order valence-electron chi connectivity index (χ2n) is 6.31. The molecule has 2 heterocycles. The van der Waals surface area contributed by atoms with Crippen molar-refractivity contribution >= 4 is 17.2 Å². The Labute approximate surface area is 132 Å². The summed E-state index contributed by atoms with van der Waals surface area (Å²) in [4.78, 5) is 17.8. The van der Waals surface area contributed by atoms with E-state index < -0.39 is 0 Å². The van der Waals surface area contributed by atoms with Gasteiger partial charge in [-0.25, -0.2) is 0 Å². The zero-order valence-electron chi connectivity index (χ0n) is 13.3. The van der Waals surface area contributed by atoms with Gasteiger partial charge in [0.05, 0.1) is 4.88 Å². The largest absolute Gasteiger partial charge is 0.350 e. The molecule has 1 N–H and O–H groups in total. The Morgan fingerprint density at radius 3 is 2.62 bits per heavy atom. The lowest BCUT2D eigenvalue weighted by atomic mass is 10.0. The van der Waals surface area contributed by atoms with Gasteiger partial charge in [0.25, 0.3) is 5.91 Å². The van der Waals surface area contributed by atoms with Crippen molar-refractivity contribution in [3.8, 4) is 0 Å². The Kier molecular flexibility index (Phi) is 6.21. The molecule has 1 aromatic rings. The Bertz CT molecular complexity index is 425. The Morgan fingerprint density at radius 1 is 1.33 bits per heavy atom. The zero-order valence-corrected chi connectivity index (χ0v) is 14.2. The van der Waals surface area contributed by atoms with Crippen LogP contribution in [0.25, 0.3) is 0 Å². The van der Waals surface area contributed by atoms with Crippen LogP contribution in [0.5, 0.6) is 0 Å². The van der Waals surface area contributed by atoms with Crippen LogP contribution in [0.1, 0.15) is 29.9 Å². The molecule has 0 spiro atoms. The molecule has 118 valence electrons. The van der Waals surface area contributed by atoms with E-state index in [0.717, 1.165) is 44.0 Å². The smallest absolute Gasteiger partial charge is 0.261 e. The molecule has 1 aliphatic rings. The minimum absolute atomic E-state index is 0.0629. The summed E-state index contributed by atoms with van der Waals surface area (Å²) >= 11 is 1.50. The molecule has 1 aromatic heterocycles. The van der Waals surface area contributed by atoms with E-state index in [2.05, 4.69) is 36.0 Å². The number of hydrogen-bond donors (Lipinski definition) is 1. The van der Waals surface area contributed by atoms with Crippen LogP contribution >= 0.6 is 11.3 Å². The maximum Gasteiger partial charge on any atom is 0.261 e.